The molecular weight excluding hydrogens is 326 g/mol. The van der Waals surface area contributed by atoms with Crippen LogP contribution in [-0.2, 0) is 4.79 Å². The first-order valence-electron chi connectivity index (χ1n) is 8.46. The monoisotopic (exact) mass is 355 g/mol. The van der Waals surface area contributed by atoms with Gasteiger partial charge in [-0.05, 0) is 43.5 Å². The van der Waals surface area contributed by atoms with Crippen molar-refractivity contribution in [1.29, 1.82) is 0 Å². The summed E-state index contributed by atoms with van der Waals surface area (Å²) in [5.41, 5.74) is 3.55. The van der Waals surface area contributed by atoms with Crippen molar-refractivity contribution in [3.63, 3.8) is 0 Å². The Morgan fingerprint density at radius 2 is 1.96 bits per heavy atom. The van der Waals surface area contributed by atoms with E-state index in [0.29, 0.717) is 19.6 Å². The number of aryl methyl sites for hydroxylation is 2. The van der Waals surface area contributed by atoms with Gasteiger partial charge in [-0.15, -0.1) is 12.4 Å². The highest BCUT2D eigenvalue weighted by atomic mass is 35.5. The van der Waals surface area contributed by atoms with E-state index in [9.17, 15) is 4.79 Å². The number of carbonyl (C=O) groups is 1. The lowest BCUT2D eigenvalue weighted by Crippen LogP contribution is -2.46. The minimum Gasteiger partial charge on any atom is -0.493 e. The van der Waals surface area contributed by atoms with Crippen LogP contribution < -0.4 is 15.4 Å². The number of benzene rings is 1. The molecule has 0 saturated carbocycles. The third-order valence-electron chi connectivity index (χ3n) is 4.31. The van der Waals surface area contributed by atoms with Crippen LogP contribution in [0.3, 0.4) is 0 Å². The maximum atomic E-state index is 11.9. The molecule has 6 heteroatoms. The average Bonchev–Trinajstić information content (AvgIpc) is 2.53. The molecule has 0 aromatic heterocycles. The fraction of sp³-hybridized carbons (Fsp3) is 0.611. The summed E-state index contributed by atoms with van der Waals surface area (Å²) in [6, 6.07) is 4.18. The smallest absolute Gasteiger partial charge is 0.223 e. The maximum Gasteiger partial charge on any atom is 0.223 e. The summed E-state index contributed by atoms with van der Waals surface area (Å²) < 4.78 is 5.79. The van der Waals surface area contributed by atoms with Gasteiger partial charge in [0, 0.05) is 39.3 Å². The Labute approximate surface area is 151 Å². The highest BCUT2D eigenvalue weighted by molar-refractivity contribution is 5.85. The van der Waals surface area contributed by atoms with Crippen molar-refractivity contribution >= 4 is 18.3 Å². The molecule has 2 rings (SSSR count). The molecule has 1 fully saturated rings. The first-order chi connectivity index (χ1) is 11.1. The van der Waals surface area contributed by atoms with Crippen molar-refractivity contribution in [3.8, 4) is 5.75 Å². The average molecular weight is 356 g/mol. The molecular formula is C18H30ClN3O2. The van der Waals surface area contributed by atoms with Crippen LogP contribution in [0.2, 0.25) is 0 Å². The molecule has 2 N–H and O–H groups in total. The Morgan fingerprint density at radius 3 is 2.67 bits per heavy atom. The molecule has 0 unspecified atom stereocenters. The van der Waals surface area contributed by atoms with Gasteiger partial charge in [0.25, 0.3) is 0 Å². The van der Waals surface area contributed by atoms with Gasteiger partial charge >= 0.3 is 0 Å². The van der Waals surface area contributed by atoms with Crippen molar-refractivity contribution in [2.24, 2.45) is 0 Å². The van der Waals surface area contributed by atoms with Gasteiger partial charge in [0.1, 0.15) is 5.75 Å². The number of hydrogen-bond donors (Lipinski definition) is 2. The van der Waals surface area contributed by atoms with Crippen LogP contribution in [0.4, 0.5) is 0 Å². The number of nitrogens with zero attached hydrogens (tertiary/aromatic N) is 1. The molecule has 136 valence electrons. The predicted octanol–water partition coefficient (Wildman–Crippen LogP) is 1.82. The number of hydrogen-bond acceptors (Lipinski definition) is 4. The zero-order valence-corrected chi connectivity index (χ0v) is 15.8. The molecule has 1 amide bonds. The van der Waals surface area contributed by atoms with E-state index >= 15 is 0 Å². The van der Waals surface area contributed by atoms with Gasteiger partial charge in [0.05, 0.1) is 13.0 Å². The molecule has 1 saturated heterocycles. The van der Waals surface area contributed by atoms with Crippen LogP contribution in [0.25, 0.3) is 0 Å². The maximum absolute atomic E-state index is 11.9. The molecule has 0 aliphatic carbocycles. The summed E-state index contributed by atoms with van der Waals surface area (Å²) in [4.78, 5) is 14.2. The van der Waals surface area contributed by atoms with Crippen molar-refractivity contribution in [1.82, 2.24) is 15.5 Å². The van der Waals surface area contributed by atoms with E-state index in [0.717, 1.165) is 44.0 Å². The summed E-state index contributed by atoms with van der Waals surface area (Å²) >= 11 is 0. The number of piperazine rings is 1. The Morgan fingerprint density at radius 1 is 1.25 bits per heavy atom. The summed E-state index contributed by atoms with van der Waals surface area (Å²) in [7, 11) is 0. The summed E-state index contributed by atoms with van der Waals surface area (Å²) in [6.45, 7) is 12.4. The lowest BCUT2D eigenvalue weighted by Gasteiger charge is -2.27. The molecule has 24 heavy (non-hydrogen) atoms. The number of carbonyl (C=O) groups excluding carboxylic acids is 1. The van der Waals surface area contributed by atoms with Crippen LogP contribution in [0.15, 0.2) is 12.1 Å². The second kappa shape index (κ2) is 10.5. The topological polar surface area (TPSA) is 53.6 Å². The van der Waals surface area contributed by atoms with Gasteiger partial charge in [-0.1, -0.05) is 6.07 Å². The number of halogens is 1. The van der Waals surface area contributed by atoms with Gasteiger partial charge in [-0.25, -0.2) is 0 Å². The van der Waals surface area contributed by atoms with Crippen LogP contribution in [-0.4, -0.2) is 56.7 Å². The van der Waals surface area contributed by atoms with E-state index in [2.05, 4.69) is 42.4 Å². The lowest BCUT2D eigenvalue weighted by molar-refractivity contribution is -0.121. The van der Waals surface area contributed by atoms with Crippen LogP contribution >= 0.6 is 12.4 Å². The largest absolute Gasteiger partial charge is 0.493 e. The molecule has 1 aliphatic rings. The van der Waals surface area contributed by atoms with Crippen LogP contribution in [0.1, 0.15) is 23.1 Å². The quantitative estimate of drug-likeness (QED) is 0.783. The fourth-order valence-electron chi connectivity index (χ4n) is 2.78. The standard InChI is InChI=1S/C18H29N3O2.ClH/c1-14-12-15(2)16(3)17(13-14)23-11-4-18(22)20-7-10-21-8-5-19-6-9-21;/h12-13,19H,4-11H2,1-3H3,(H,20,22);1H. The SMILES string of the molecule is Cc1cc(C)c(C)c(OCCC(=O)NCCN2CCNCC2)c1.Cl. The summed E-state index contributed by atoms with van der Waals surface area (Å²) in [5, 5.41) is 6.30. The second-order valence-corrected chi connectivity index (χ2v) is 6.25. The highest BCUT2D eigenvalue weighted by Gasteiger charge is 2.10. The van der Waals surface area contributed by atoms with Crippen molar-refractivity contribution in [2.45, 2.75) is 27.2 Å². The number of ether oxygens (including phenoxy) is 1. The number of rotatable bonds is 7. The molecule has 1 heterocycles. The van der Waals surface area contributed by atoms with E-state index < -0.39 is 0 Å². The third kappa shape index (κ3) is 6.67. The molecule has 1 aliphatic heterocycles. The minimum absolute atomic E-state index is 0. The number of amides is 1. The molecule has 0 spiro atoms. The molecule has 0 atom stereocenters. The van der Waals surface area contributed by atoms with Crippen LogP contribution in [0.5, 0.6) is 5.75 Å². The van der Waals surface area contributed by atoms with Gasteiger partial charge < -0.3 is 15.4 Å². The van der Waals surface area contributed by atoms with Gasteiger partial charge in [-0.2, -0.15) is 0 Å². The zero-order chi connectivity index (χ0) is 16.7. The highest BCUT2D eigenvalue weighted by Crippen LogP contribution is 2.23. The third-order valence-corrected chi connectivity index (χ3v) is 4.31. The van der Waals surface area contributed by atoms with Gasteiger partial charge in [0.2, 0.25) is 5.91 Å². The normalized spacial score (nSPS) is 14.8. The van der Waals surface area contributed by atoms with Gasteiger partial charge in [0.15, 0.2) is 0 Å². The van der Waals surface area contributed by atoms with Gasteiger partial charge in [-0.3, -0.25) is 9.69 Å². The van der Waals surface area contributed by atoms with Crippen LogP contribution in [0, 0.1) is 20.8 Å². The molecule has 1 aromatic rings. The van der Waals surface area contributed by atoms with E-state index in [-0.39, 0.29) is 18.3 Å². The fourth-order valence-corrected chi connectivity index (χ4v) is 2.78. The van der Waals surface area contributed by atoms with E-state index in [1.807, 2.05) is 6.07 Å². The van der Waals surface area contributed by atoms with Crippen molar-refractivity contribution in [3.05, 3.63) is 28.8 Å². The summed E-state index contributed by atoms with van der Waals surface area (Å²) in [6.07, 6.45) is 0.397. The molecule has 0 radical (unpaired) electrons. The molecule has 0 bridgehead atoms. The Kier molecular flexibility index (Phi) is 9.11. The Balaban J connectivity index is 0.00000288. The Bertz CT molecular complexity index is 531. The van der Waals surface area contributed by atoms with E-state index in [4.69, 9.17) is 4.74 Å². The number of nitrogens with one attached hydrogen (secondary N) is 2. The zero-order valence-electron chi connectivity index (χ0n) is 15.0. The molecule has 1 aromatic carbocycles. The van der Waals surface area contributed by atoms with Crippen molar-refractivity contribution in [2.75, 3.05) is 45.9 Å². The minimum atomic E-state index is 0. The van der Waals surface area contributed by atoms with Crippen molar-refractivity contribution < 1.29 is 9.53 Å². The summed E-state index contributed by atoms with van der Waals surface area (Å²) in [5.74, 6) is 0.943. The van der Waals surface area contributed by atoms with E-state index in [1.165, 1.54) is 11.1 Å². The second-order valence-electron chi connectivity index (χ2n) is 6.25. The predicted molar refractivity (Wildman–Crippen MR) is 100 cm³/mol. The first-order valence-corrected chi connectivity index (χ1v) is 8.46. The lowest BCUT2D eigenvalue weighted by atomic mass is 10.1. The van der Waals surface area contributed by atoms with E-state index in [1.54, 1.807) is 0 Å². The first kappa shape index (κ1) is 20.7. The molecule has 5 nitrogen and oxygen atoms in total. The Hall–Kier alpha value is -1.30.